The van der Waals surface area contributed by atoms with E-state index in [4.69, 9.17) is 9.47 Å². The Balaban J connectivity index is 2.53. The van der Waals surface area contributed by atoms with Crippen LogP contribution in [0.3, 0.4) is 0 Å². The third kappa shape index (κ3) is 4.66. The highest BCUT2D eigenvalue weighted by molar-refractivity contribution is 9.10. The van der Waals surface area contributed by atoms with Crippen LogP contribution in [0.2, 0.25) is 0 Å². The zero-order valence-electron chi connectivity index (χ0n) is 10.8. The van der Waals surface area contributed by atoms with Crippen LogP contribution < -0.4 is 10.1 Å². The van der Waals surface area contributed by atoms with Crippen molar-refractivity contribution in [2.75, 3.05) is 20.3 Å². The highest BCUT2D eigenvalue weighted by atomic mass is 79.9. The maximum atomic E-state index is 11.7. The van der Waals surface area contributed by atoms with E-state index >= 15 is 0 Å². The summed E-state index contributed by atoms with van der Waals surface area (Å²) in [7, 11) is 1.59. The van der Waals surface area contributed by atoms with Crippen LogP contribution in [0.15, 0.2) is 22.7 Å². The SMILES string of the molecule is COCCNC(=O)[C@@H](C)Oc1ccc(C)cc1Br. The summed E-state index contributed by atoms with van der Waals surface area (Å²) in [6.45, 7) is 4.69. The maximum Gasteiger partial charge on any atom is 0.260 e. The van der Waals surface area contributed by atoms with Crippen molar-refractivity contribution in [3.05, 3.63) is 28.2 Å². The summed E-state index contributed by atoms with van der Waals surface area (Å²) in [6.07, 6.45) is -0.541. The summed E-state index contributed by atoms with van der Waals surface area (Å²) in [4.78, 5) is 11.7. The number of carbonyl (C=O) groups excluding carboxylic acids is 1. The van der Waals surface area contributed by atoms with E-state index in [9.17, 15) is 4.79 Å². The molecule has 1 aromatic carbocycles. The molecule has 1 rings (SSSR count). The number of amides is 1. The summed E-state index contributed by atoms with van der Waals surface area (Å²) >= 11 is 3.41. The van der Waals surface area contributed by atoms with Crippen molar-refractivity contribution < 1.29 is 14.3 Å². The van der Waals surface area contributed by atoms with Crippen LogP contribution in [0.25, 0.3) is 0 Å². The number of halogens is 1. The minimum absolute atomic E-state index is 0.153. The second-order valence-electron chi connectivity index (χ2n) is 3.98. The molecular formula is C13H18BrNO3. The van der Waals surface area contributed by atoms with Crippen molar-refractivity contribution in [2.24, 2.45) is 0 Å². The molecular weight excluding hydrogens is 298 g/mol. The van der Waals surface area contributed by atoms with Crippen LogP contribution in [0.4, 0.5) is 0 Å². The van der Waals surface area contributed by atoms with E-state index in [-0.39, 0.29) is 5.91 Å². The van der Waals surface area contributed by atoms with Crippen molar-refractivity contribution in [1.82, 2.24) is 5.32 Å². The molecule has 1 N–H and O–H groups in total. The standard InChI is InChI=1S/C13H18BrNO3/c1-9-4-5-12(11(14)8-9)18-10(2)13(16)15-6-7-17-3/h4-5,8,10H,6-7H2,1-3H3,(H,15,16)/t10-/m1/s1. The van der Waals surface area contributed by atoms with Gasteiger partial charge in [-0.1, -0.05) is 6.07 Å². The lowest BCUT2D eigenvalue weighted by molar-refractivity contribution is -0.127. The molecule has 5 heteroatoms. The zero-order chi connectivity index (χ0) is 13.5. The van der Waals surface area contributed by atoms with Crippen LogP contribution in [-0.4, -0.2) is 32.3 Å². The molecule has 4 nitrogen and oxygen atoms in total. The lowest BCUT2D eigenvalue weighted by Gasteiger charge is -2.15. The van der Waals surface area contributed by atoms with E-state index in [1.807, 2.05) is 25.1 Å². The highest BCUT2D eigenvalue weighted by Crippen LogP contribution is 2.26. The second kappa shape index (κ2) is 7.38. The summed E-state index contributed by atoms with van der Waals surface area (Å²) in [5.41, 5.74) is 1.13. The first kappa shape index (κ1) is 15.0. The van der Waals surface area contributed by atoms with Gasteiger partial charge in [-0.2, -0.15) is 0 Å². The van der Waals surface area contributed by atoms with Crippen molar-refractivity contribution >= 4 is 21.8 Å². The van der Waals surface area contributed by atoms with E-state index in [0.717, 1.165) is 10.0 Å². The predicted octanol–water partition coefficient (Wildman–Crippen LogP) is 2.29. The average molecular weight is 316 g/mol. The average Bonchev–Trinajstić information content (AvgIpc) is 2.32. The molecule has 0 saturated heterocycles. The van der Waals surface area contributed by atoms with E-state index in [0.29, 0.717) is 18.9 Å². The fourth-order valence-corrected chi connectivity index (χ4v) is 1.95. The minimum atomic E-state index is -0.541. The van der Waals surface area contributed by atoms with E-state index in [1.54, 1.807) is 14.0 Å². The van der Waals surface area contributed by atoms with Gasteiger partial charge in [0.05, 0.1) is 11.1 Å². The van der Waals surface area contributed by atoms with Gasteiger partial charge >= 0.3 is 0 Å². The highest BCUT2D eigenvalue weighted by Gasteiger charge is 2.15. The molecule has 0 aliphatic heterocycles. The Bertz CT molecular complexity index is 409. The molecule has 0 fully saturated rings. The molecule has 0 aliphatic carbocycles. The van der Waals surface area contributed by atoms with Gasteiger partial charge in [-0.25, -0.2) is 0 Å². The van der Waals surface area contributed by atoms with Crippen LogP contribution >= 0.6 is 15.9 Å². The quantitative estimate of drug-likeness (QED) is 0.819. The Kier molecular flexibility index (Phi) is 6.15. The van der Waals surface area contributed by atoms with Gasteiger partial charge in [0.2, 0.25) is 0 Å². The van der Waals surface area contributed by atoms with Gasteiger partial charge in [0.1, 0.15) is 5.75 Å². The molecule has 0 spiro atoms. The fourth-order valence-electron chi connectivity index (χ4n) is 1.37. The number of rotatable bonds is 6. The third-order valence-corrected chi connectivity index (χ3v) is 2.99. The van der Waals surface area contributed by atoms with Gasteiger partial charge < -0.3 is 14.8 Å². The van der Waals surface area contributed by atoms with Crippen molar-refractivity contribution in [3.63, 3.8) is 0 Å². The summed E-state index contributed by atoms with van der Waals surface area (Å²) in [5, 5.41) is 2.73. The fraction of sp³-hybridized carbons (Fsp3) is 0.462. The van der Waals surface area contributed by atoms with Crippen molar-refractivity contribution in [3.8, 4) is 5.75 Å². The first-order valence-electron chi connectivity index (χ1n) is 5.74. The normalized spacial score (nSPS) is 12.0. The molecule has 0 saturated carbocycles. The number of nitrogens with one attached hydrogen (secondary N) is 1. The van der Waals surface area contributed by atoms with Gasteiger partial charge in [-0.05, 0) is 47.5 Å². The van der Waals surface area contributed by atoms with Crippen molar-refractivity contribution in [2.45, 2.75) is 20.0 Å². The lowest BCUT2D eigenvalue weighted by Crippen LogP contribution is -2.37. The third-order valence-electron chi connectivity index (χ3n) is 2.37. The van der Waals surface area contributed by atoms with E-state index < -0.39 is 6.10 Å². The Morgan fingerprint density at radius 1 is 1.50 bits per heavy atom. The van der Waals surface area contributed by atoms with Gasteiger partial charge in [-0.15, -0.1) is 0 Å². The first-order chi connectivity index (χ1) is 8.54. The topological polar surface area (TPSA) is 47.6 Å². The Labute approximate surface area is 116 Å². The molecule has 100 valence electrons. The largest absolute Gasteiger partial charge is 0.480 e. The molecule has 1 aromatic rings. The molecule has 0 radical (unpaired) electrons. The first-order valence-corrected chi connectivity index (χ1v) is 6.53. The molecule has 18 heavy (non-hydrogen) atoms. The molecule has 0 aromatic heterocycles. The number of benzene rings is 1. The Morgan fingerprint density at radius 3 is 2.83 bits per heavy atom. The van der Waals surface area contributed by atoms with Gasteiger partial charge in [-0.3, -0.25) is 4.79 Å². The van der Waals surface area contributed by atoms with E-state index in [1.165, 1.54) is 0 Å². The number of aryl methyl sites for hydroxylation is 1. The molecule has 0 bridgehead atoms. The maximum absolute atomic E-state index is 11.7. The number of carbonyl (C=O) groups is 1. The number of methoxy groups -OCH3 is 1. The predicted molar refractivity (Wildman–Crippen MR) is 73.9 cm³/mol. The van der Waals surface area contributed by atoms with Crippen LogP contribution in [-0.2, 0) is 9.53 Å². The molecule has 0 unspecified atom stereocenters. The number of hydrogen-bond acceptors (Lipinski definition) is 3. The summed E-state index contributed by atoms with van der Waals surface area (Å²) in [5.74, 6) is 0.509. The zero-order valence-corrected chi connectivity index (χ0v) is 12.4. The number of hydrogen-bond donors (Lipinski definition) is 1. The Hall–Kier alpha value is -1.07. The molecule has 1 atom stereocenters. The second-order valence-corrected chi connectivity index (χ2v) is 4.83. The summed E-state index contributed by atoms with van der Waals surface area (Å²) in [6, 6.07) is 5.73. The molecule has 0 heterocycles. The van der Waals surface area contributed by atoms with Gasteiger partial charge in [0, 0.05) is 13.7 Å². The van der Waals surface area contributed by atoms with Gasteiger partial charge in [0.15, 0.2) is 6.10 Å². The minimum Gasteiger partial charge on any atom is -0.480 e. The van der Waals surface area contributed by atoms with Crippen LogP contribution in [0, 0.1) is 6.92 Å². The van der Waals surface area contributed by atoms with Gasteiger partial charge in [0.25, 0.3) is 5.91 Å². The lowest BCUT2D eigenvalue weighted by atomic mass is 10.2. The number of ether oxygens (including phenoxy) is 2. The summed E-state index contributed by atoms with van der Waals surface area (Å²) < 4.78 is 11.3. The van der Waals surface area contributed by atoms with Crippen LogP contribution in [0.5, 0.6) is 5.75 Å². The van der Waals surface area contributed by atoms with Crippen molar-refractivity contribution in [1.29, 1.82) is 0 Å². The molecule has 0 aliphatic rings. The Morgan fingerprint density at radius 2 is 2.22 bits per heavy atom. The monoisotopic (exact) mass is 315 g/mol. The smallest absolute Gasteiger partial charge is 0.260 e. The van der Waals surface area contributed by atoms with Crippen LogP contribution in [0.1, 0.15) is 12.5 Å². The molecule has 1 amide bonds. The van der Waals surface area contributed by atoms with E-state index in [2.05, 4.69) is 21.2 Å².